The molecular formula is C15H25N3OS. The highest BCUT2D eigenvalue weighted by Gasteiger charge is 2.24. The molecule has 1 heterocycles. The Hall–Kier alpha value is -0.940. The Bertz CT molecular complexity index is 468. The average molecular weight is 295 g/mol. The molecule has 1 aliphatic rings. The molecule has 5 heteroatoms. The third-order valence-electron chi connectivity index (χ3n) is 3.43. The van der Waals surface area contributed by atoms with Gasteiger partial charge in [0.25, 0.3) is 0 Å². The molecule has 20 heavy (non-hydrogen) atoms. The van der Waals surface area contributed by atoms with E-state index in [2.05, 4.69) is 37.7 Å². The molecule has 1 aromatic heterocycles. The van der Waals surface area contributed by atoms with Crippen LogP contribution in [-0.2, 0) is 6.42 Å². The zero-order chi connectivity index (χ0) is 14.7. The number of hydrogen-bond donors (Lipinski definition) is 0. The number of carbonyl (C=O) groups excluding carboxylic acids is 1. The number of thiazole rings is 1. The number of aryl methyl sites for hydroxylation is 1. The minimum atomic E-state index is 0.284. The predicted octanol–water partition coefficient (Wildman–Crippen LogP) is 2.69. The number of carbonyl (C=O) groups is 1. The number of fused-ring (bicyclic) bond motifs is 1. The molecule has 0 spiro atoms. The maximum absolute atomic E-state index is 12.0. The first-order chi connectivity index (χ1) is 9.47. The molecular weight excluding hydrogens is 270 g/mol. The van der Waals surface area contributed by atoms with Gasteiger partial charge in [-0.15, -0.1) is 0 Å². The summed E-state index contributed by atoms with van der Waals surface area (Å²) >= 11 is 1.59. The van der Waals surface area contributed by atoms with Crippen LogP contribution < -0.4 is 4.90 Å². The molecule has 0 aliphatic heterocycles. The Morgan fingerprint density at radius 2 is 2.00 bits per heavy atom. The van der Waals surface area contributed by atoms with Crippen LogP contribution in [0.1, 0.15) is 42.1 Å². The van der Waals surface area contributed by atoms with Crippen molar-refractivity contribution in [3.8, 4) is 0 Å². The number of aromatic nitrogens is 1. The van der Waals surface area contributed by atoms with E-state index in [1.807, 2.05) is 0 Å². The fourth-order valence-electron chi connectivity index (χ4n) is 2.42. The Morgan fingerprint density at radius 3 is 2.60 bits per heavy atom. The minimum Gasteiger partial charge on any atom is -0.347 e. The van der Waals surface area contributed by atoms with Gasteiger partial charge in [0, 0.05) is 26.1 Å². The summed E-state index contributed by atoms with van der Waals surface area (Å²) < 4.78 is 0. The number of ketones is 1. The van der Waals surface area contributed by atoms with E-state index in [4.69, 9.17) is 4.98 Å². The van der Waals surface area contributed by atoms with Gasteiger partial charge >= 0.3 is 0 Å². The third-order valence-corrected chi connectivity index (χ3v) is 4.63. The molecule has 112 valence electrons. The fraction of sp³-hybridized carbons (Fsp3) is 0.733. The van der Waals surface area contributed by atoms with Crippen LogP contribution in [0.15, 0.2) is 0 Å². The van der Waals surface area contributed by atoms with E-state index in [0.717, 1.165) is 48.2 Å². The van der Waals surface area contributed by atoms with E-state index in [1.54, 1.807) is 11.3 Å². The average Bonchev–Trinajstić information content (AvgIpc) is 2.79. The van der Waals surface area contributed by atoms with Gasteiger partial charge in [-0.1, -0.05) is 25.2 Å². The molecule has 0 atom stereocenters. The van der Waals surface area contributed by atoms with Crippen molar-refractivity contribution in [2.75, 3.05) is 38.6 Å². The van der Waals surface area contributed by atoms with Crippen LogP contribution in [0.4, 0.5) is 5.13 Å². The van der Waals surface area contributed by atoms with Crippen molar-refractivity contribution in [3.05, 3.63) is 10.6 Å². The molecule has 0 unspecified atom stereocenters. The van der Waals surface area contributed by atoms with Gasteiger partial charge in [-0.25, -0.2) is 4.98 Å². The van der Waals surface area contributed by atoms with Crippen molar-refractivity contribution in [2.24, 2.45) is 5.92 Å². The van der Waals surface area contributed by atoms with Gasteiger partial charge in [0.2, 0.25) is 0 Å². The van der Waals surface area contributed by atoms with E-state index in [0.29, 0.717) is 12.3 Å². The largest absolute Gasteiger partial charge is 0.347 e. The molecule has 0 saturated heterocycles. The van der Waals surface area contributed by atoms with Gasteiger partial charge in [0.15, 0.2) is 10.9 Å². The maximum Gasteiger partial charge on any atom is 0.186 e. The van der Waals surface area contributed by atoms with E-state index >= 15 is 0 Å². The minimum absolute atomic E-state index is 0.284. The van der Waals surface area contributed by atoms with Crippen molar-refractivity contribution < 1.29 is 4.79 Å². The summed E-state index contributed by atoms with van der Waals surface area (Å²) in [5, 5.41) is 1.03. The highest BCUT2D eigenvalue weighted by molar-refractivity contribution is 7.17. The molecule has 4 nitrogen and oxygen atoms in total. The Balaban J connectivity index is 2.17. The summed E-state index contributed by atoms with van der Waals surface area (Å²) in [5.74, 6) is 0.876. The Kier molecular flexibility index (Phi) is 5.16. The van der Waals surface area contributed by atoms with Crippen LogP contribution in [0.2, 0.25) is 0 Å². The second-order valence-electron chi connectivity index (χ2n) is 6.19. The monoisotopic (exact) mass is 295 g/mol. The number of hydrogen-bond acceptors (Lipinski definition) is 5. The first-order valence-electron chi connectivity index (χ1n) is 7.40. The SMILES string of the molecule is CC(C)CN(CCN(C)C)c1nc2c(s1)C(=O)CCC2. The Morgan fingerprint density at radius 1 is 1.25 bits per heavy atom. The van der Waals surface area contributed by atoms with Gasteiger partial charge in [0.1, 0.15) is 0 Å². The van der Waals surface area contributed by atoms with Crippen LogP contribution in [-0.4, -0.2) is 49.4 Å². The third kappa shape index (κ3) is 3.79. The summed E-state index contributed by atoms with van der Waals surface area (Å²) in [5.41, 5.74) is 1.03. The quantitative estimate of drug-likeness (QED) is 0.808. The lowest BCUT2D eigenvalue weighted by Gasteiger charge is -2.25. The summed E-state index contributed by atoms with van der Waals surface area (Å²) in [6.45, 7) is 7.41. The number of rotatable bonds is 6. The number of likely N-dealkylation sites (N-methyl/N-ethyl adjacent to an activating group) is 1. The molecule has 0 aromatic carbocycles. The van der Waals surface area contributed by atoms with Crippen LogP contribution in [0.5, 0.6) is 0 Å². The van der Waals surface area contributed by atoms with E-state index in [9.17, 15) is 4.79 Å². The topological polar surface area (TPSA) is 36.4 Å². The van der Waals surface area contributed by atoms with Gasteiger partial charge in [-0.2, -0.15) is 0 Å². The van der Waals surface area contributed by atoms with E-state index < -0.39 is 0 Å². The van der Waals surface area contributed by atoms with Gasteiger partial charge in [-0.3, -0.25) is 4.79 Å². The van der Waals surface area contributed by atoms with Crippen molar-refractivity contribution in [1.29, 1.82) is 0 Å². The van der Waals surface area contributed by atoms with E-state index in [1.165, 1.54) is 0 Å². The molecule has 0 radical (unpaired) electrons. The summed E-state index contributed by atoms with van der Waals surface area (Å²) in [4.78, 5) is 22.1. The lowest BCUT2D eigenvalue weighted by molar-refractivity contribution is 0.0976. The summed E-state index contributed by atoms with van der Waals surface area (Å²) in [6, 6.07) is 0. The molecule has 0 N–H and O–H groups in total. The molecule has 0 amide bonds. The highest BCUT2D eigenvalue weighted by atomic mass is 32.1. The first kappa shape index (κ1) is 15.4. The highest BCUT2D eigenvalue weighted by Crippen LogP contribution is 2.32. The number of Topliss-reactive ketones (excluding diaryl/α,β-unsaturated/α-hetero) is 1. The van der Waals surface area contributed by atoms with Gasteiger partial charge in [-0.05, 0) is 32.9 Å². The molecule has 0 saturated carbocycles. The summed E-state index contributed by atoms with van der Waals surface area (Å²) in [6.07, 6.45) is 2.61. The van der Waals surface area contributed by atoms with Crippen LogP contribution >= 0.6 is 11.3 Å². The smallest absolute Gasteiger partial charge is 0.186 e. The first-order valence-corrected chi connectivity index (χ1v) is 8.21. The normalized spacial score (nSPS) is 15.0. The van der Waals surface area contributed by atoms with E-state index in [-0.39, 0.29) is 5.78 Å². The maximum atomic E-state index is 12.0. The zero-order valence-electron chi connectivity index (χ0n) is 13.0. The lowest BCUT2D eigenvalue weighted by Crippen LogP contribution is -2.34. The van der Waals surface area contributed by atoms with Gasteiger partial charge < -0.3 is 9.80 Å². The fourth-order valence-corrected chi connectivity index (χ4v) is 3.53. The molecule has 0 bridgehead atoms. The Labute approximate surface area is 125 Å². The predicted molar refractivity (Wildman–Crippen MR) is 85.0 cm³/mol. The molecule has 1 aliphatic carbocycles. The van der Waals surface area contributed by atoms with Gasteiger partial charge in [0.05, 0.1) is 10.6 Å². The lowest BCUT2D eigenvalue weighted by atomic mass is 10.0. The van der Waals surface area contributed by atoms with Crippen LogP contribution in [0.25, 0.3) is 0 Å². The standard InChI is InChI=1S/C15H25N3OS/c1-11(2)10-18(9-8-17(3)4)15-16-12-6-5-7-13(19)14(12)20-15/h11H,5-10H2,1-4H3. The molecule has 1 aromatic rings. The van der Waals surface area contributed by atoms with Crippen molar-refractivity contribution in [3.63, 3.8) is 0 Å². The molecule has 0 fully saturated rings. The van der Waals surface area contributed by atoms with Crippen molar-refractivity contribution in [2.45, 2.75) is 33.1 Å². The molecule has 2 rings (SSSR count). The van der Waals surface area contributed by atoms with Crippen molar-refractivity contribution >= 4 is 22.3 Å². The second-order valence-corrected chi connectivity index (χ2v) is 7.17. The number of anilines is 1. The van der Waals surface area contributed by atoms with Crippen LogP contribution in [0.3, 0.4) is 0 Å². The second kappa shape index (κ2) is 6.68. The van der Waals surface area contributed by atoms with Crippen molar-refractivity contribution in [1.82, 2.24) is 9.88 Å². The number of nitrogens with zero attached hydrogens (tertiary/aromatic N) is 3. The summed E-state index contributed by atoms with van der Waals surface area (Å²) in [7, 11) is 4.17. The zero-order valence-corrected chi connectivity index (χ0v) is 13.8. The van der Waals surface area contributed by atoms with Crippen LogP contribution in [0, 0.1) is 5.92 Å².